The maximum absolute atomic E-state index is 10.9. The van der Waals surface area contributed by atoms with E-state index in [1.54, 1.807) is 12.1 Å². The quantitative estimate of drug-likeness (QED) is 0.629. The number of thioether (sulfide) groups is 1. The molecule has 2 aromatic rings. The number of nitro benzene ring substituents is 1. The number of benzene rings is 2. The van der Waals surface area contributed by atoms with Gasteiger partial charge in [-0.1, -0.05) is 11.8 Å². The van der Waals surface area contributed by atoms with Crippen LogP contribution < -0.4 is 14.9 Å². The minimum atomic E-state index is -0.414. The molecule has 0 radical (unpaired) electrons. The molecule has 1 N–H and O–H groups in total. The lowest BCUT2D eigenvalue weighted by molar-refractivity contribution is -0.384. The normalized spacial score (nSPS) is 17.1. The van der Waals surface area contributed by atoms with Crippen LogP contribution in [0.1, 0.15) is 11.1 Å². The molecule has 3 heterocycles. The standard InChI is InChI=1S/C19H14N4O4S/c24-23(25)14-4-1-12(2-5-14)15-10-22-16(11-28-19(22)21-20-15)13-3-6-17-18(9-13)27-8-7-26-17/h1-6,9-11,20H,7-8H2. The van der Waals surface area contributed by atoms with Gasteiger partial charge >= 0.3 is 0 Å². The summed E-state index contributed by atoms with van der Waals surface area (Å²) in [6.07, 6.45) is 1.94. The molecule has 3 aliphatic rings. The number of nitrogens with zero attached hydrogens (tertiary/aromatic N) is 3. The summed E-state index contributed by atoms with van der Waals surface area (Å²) in [7, 11) is 0. The highest BCUT2D eigenvalue weighted by atomic mass is 32.2. The number of nitrogens with one attached hydrogen (secondary N) is 1. The fraction of sp³-hybridized carbons (Fsp3) is 0.105. The van der Waals surface area contributed by atoms with Gasteiger partial charge in [0.25, 0.3) is 5.69 Å². The smallest absolute Gasteiger partial charge is 0.269 e. The van der Waals surface area contributed by atoms with Gasteiger partial charge < -0.3 is 9.47 Å². The molecule has 0 spiro atoms. The summed E-state index contributed by atoms with van der Waals surface area (Å²) in [6, 6.07) is 12.2. The van der Waals surface area contributed by atoms with Crippen LogP contribution >= 0.6 is 11.8 Å². The number of nitro groups is 1. The molecule has 0 aliphatic carbocycles. The van der Waals surface area contributed by atoms with Gasteiger partial charge in [0.1, 0.15) is 13.2 Å². The molecule has 0 fully saturated rings. The molecule has 0 saturated heterocycles. The van der Waals surface area contributed by atoms with Gasteiger partial charge in [-0.2, -0.15) is 0 Å². The lowest BCUT2D eigenvalue weighted by atomic mass is 10.1. The van der Waals surface area contributed by atoms with Crippen LogP contribution in [0, 0.1) is 10.1 Å². The van der Waals surface area contributed by atoms with Crippen LogP contribution in [-0.2, 0) is 0 Å². The van der Waals surface area contributed by atoms with Crippen molar-refractivity contribution in [2.75, 3.05) is 13.2 Å². The van der Waals surface area contributed by atoms with Crippen molar-refractivity contribution in [3.05, 3.63) is 75.3 Å². The van der Waals surface area contributed by atoms with E-state index in [0.29, 0.717) is 13.2 Å². The summed E-state index contributed by atoms with van der Waals surface area (Å²) in [6.45, 7) is 1.09. The van der Waals surface area contributed by atoms with Crippen molar-refractivity contribution in [2.45, 2.75) is 0 Å². The Bertz CT molecular complexity index is 1060. The second-order valence-electron chi connectivity index (χ2n) is 6.20. The van der Waals surface area contributed by atoms with E-state index >= 15 is 0 Å². The van der Waals surface area contributed by atoms with Crippen LogP contribution in [0.2, 0.25) is 0 Å². The average Bonchev–Trinajstić information content (AvgIpc) is 3.16. The number of hydrogen-bond acceptors (Lipinski definition) is 8. The van der Waals surface area contributed by atoms with E-state index in [4.69, 9.17) is 9.47 Å². The predicted octanol–water partition coefficient (Wildman–Crippen LogP) is 3.59. The zero-order valence-electron chi connectivity index (χ0n) is 14.5. The van der Waals surface area contributed by atoms with Crippen LogP contribution in [0.5, 0.6) is 11.5 Å². The second kappa shape index (κ2) is 6.61. The molecule has 9 heteroatoms. The Kier molecular flexibility index (Phi) is 3.94. The van der Waals surface area contributed by atoms with Crippen LogP contribution in [0.25, 0.3) is 11.4 Å². The lowest BCUT2D eigenvalue weighted by Gasteiger charge is -2.25. The van der Waals surface area contributed by atoms with E-state index in [9.17, 15) is 10.1 Å². The van der Waals surface area contributed by atoms with Crippen molar-refractivity contribution < 1.29 is 14.4 Å². The van der Waals surface area contributed by atoms with Crippen molar-refractivity contribution in [3.63, 3.8) is 0 Å². The van der Waals surface area contributed by atoms with Crippen molar-refractivity contribution >= 4 is 34.0 Å². The third-order valence-corrected chi connectivity index (χ3v) is 5.34. The van der Waals surface area contributed by atoms with E-state index in [1.807, 2.05) is 34.7 Å². The molecule has 0 bridgehead atoms. The van der Waals surface area contributed by atoms with Gasteiger partial charge in [-0.05, 0) is 30.3 Å². The fourth-order valence-corrected chi connectivity index (χ4v) is 3.94. The molecule has 8 nitrogen and oxygen atoms in total. The summed E-state index contributed by atoms with van der Waals surface area (Å²) >= 11 is 1.52. The molecule has 0 unspecified atom stereocenters. The Morgan fingerprint density at radius 3 is 2.61 bits per heavy atom. The molecule has 28 heavy (non-hydrogen) atoms. The van der Waals surface area contributed by atoms with Crippen molar-refractivity contribution in [1.29, 1.82) is 0 Å². The lowest BCUT2D eigenvalue weighted by Crippen LogP contribution is -2.26. The van der Waals surface area contributed by atoms with Gasteiger partial charge in [0.15, 0.2) is 16.7 Å². The highest BCUT2D eigenvalue weighted by Crippen LogP contribution is 2.40. The van der Waals surface area contributed by atoms with Gasteiger partial charge in [-0.15, -0.1) is 5.10 Å². The van der Waals surface area contributed by atoms with Crippen LogP contribution in [0.3, 0.4) is 0 Å². The Labute approximate surface area is 164 Å². The summed E-state index contributed by atoms with van der Waals surface area (Å²) in [5.41, 5.74) is 6.60. The summed E-state index contributed by atoms with van der Waals surface area (Å²) in [5, 5.41) is 18.1. The molecule has 2 aromatic carbocycles. The SMILES string of the molecule is O=[N+]([O-])c1ccc(C2=CN3C(c4ccc5c(c4)OCCO5)=CSC3=NN2)cc1. The molecule has 3 aliphatic heterocycles. The number of rotatable bonds is 3. The third kappa shape index (κ3) is 2.85. The van der Waals surface area contributed by atoms with Crippen LogP contribution in [-0.4, -0.2) is 28.2 Å². The molecule has 0 amide bonds. The summed E-state index contributed by atoms with van der Waals surface area (Å²) < 4.78 is 11.3. The molecule has 0 saturated carbocycles. The molecular formula is C19H14N4O4S. The molecule has 5 rings (SSSR count). The monoisotopic (exact) mass is 394 g/mol. The van der Waals surface area contributed by atoms with Gasteiger partial charge in [0, 0.05) is 34.9 Å². The molecular weight excluding hydrogens is 380 g/mol. The second-order valence-corrected chi connectivity index (χ2v) is 7.04. The number of hydrazone groups is 1. The summed E-state index contributed by atoms with van der Waals surface area (Å²) in [4.78, 5) is 12.4. The first-order valence-electron chi connectivity index (χ1n) is 8.55. The molecule has 0 atom stereocenters. The minimum Gasteiger partial charge on any atom is -0.486 e. The summed E-state index contributed by atoms with van der Waals surface area (Å²) in [5.74, 6) is 1.48. The van der Waals surface area contributed by atoms with Crippen LogP contribution in [0.15, 0.2) is 59.2 Å². The van der Waals surface area contributed by atoms with E-state index in [2.05, 4.69) is 10.5 Å². The van der Waals surface area contributed by atoms with Gasteiger partial charge in [-0.25, -0.2) is 0 Å². The van der Waals surface area contributed by atoms with Crippen molar-refractivity contribution in [3.8, 4) is 11.5 Å². The first-order chi connectivity index (χ1) is 13.7. The van der Waals surface area contributed by atoms with Gasteiger partial charge in [-0.3, -0.25) is 20.4 Å². The predicted molar refractivity (Wildman–Crippen MR) is 106 cm³/mol. The number of non-ortho nitro benzene ring substituents is 1. The largest absolute Gasteiger partial charge is 0.486 e. The maximum Gasteiger partial charge on any atom is 0.269 e. The van der Waals surface area contributed by atoms with Gasteiger partial charge in [0.05, 0.1) is 16.3 Å². The van der Waals surface area contributed by atoms with E-state index < -0.39 is 4.92 Å². The molecule has 140 valence electrons. The Morgan fingerprint density at radius 2 is 1.82 bits per heavy atom. The highest BCUT2D eigenvalue weighted by molar-refractivity contribution is 8.16. The first-order valence-corrected chi connectivity index (χ1v) is 9.43. The van der Waals surface area contributed by atoms with E-state index in [0.717, 1.165) is 39.2 Å². The maximum atomic E-state index is 10.9. The van der Waals surface area contributed by atoms with Gasteiger partial charge in [0.2, 0.25) is 0 Å². The fourth-order valence-electron chi connectivity index (χ4n) is 3.11. The Balaban J connectivity index is 1.45. The number of amidine groups is 1. The van der Waals surface area contributed by atoms with Crippen molar-refractivity contribution in [2.24, 2.45) is 5.10 Å². The average molecular weight is 394 g/mol. The topological polar surface area (TPSA) is 89.2 Å². The Morgan fingerprint density at radius 1 is 1.07 bits per heavy atom. The van der Waals surface area contributed by atoms with Crippen molar-refractivity contribution in [1.82, 2.24) is 10.3 Å². The first kappa shape index (κ1) is 16.7. The number of hydrogen-bond donors (Lipinski definition) is 1. The highest BCUT2D eigenvalue weighted by Gasteiger charge is 2.27. The Hall–Kier alpha value is -3.46. The van der Waals surface area contributed by atoms with E-state index in [-0.39, 0.29) is 5.69 Å². The number of ether oxygens (including phenoxy) is 2. The number of fused-ring (bicyclic) bond motifs is 2. The molecule has 0 aromatic heterocycles. The van der Waals surface area contributed by atoms with E-state index in [1.165, 1.54) is 23.9 Å². The van der Waals surface area contributed by atoms with Crippen LogP contribution in [0.4, 0.5) is 5.69 Å². The minimum absolute atomic E-state index is 0.0536. The zero-order valence-corrected chi connectivity index (χ0v) is 15.3. The third-order valence-electron chi connectivity index (χ3n) is 4.50. The zero-order chi connectivity index (χ0) is 19.1.